The van der Waals surface area contributed by atoms with Crippen molar-refractivity contribution in [2.75, 3.05) is 31.0 Å². The lowest BCUT2D eigenvalue weighted by atomic mass is 10.2. The Bertz CT molecular complexity index is 898. The van der Waals surface area contributed by atoms with Crippen LogP contribution in [0.5, 0.6) is 0 Å². The second-order valence-electron chi connectivity index (χ2n) is 7.14. The Morgan fingerprint density at radius 3 is 2.46 bits per heavy atom. The van der Waals surface area contributed by atoms with E-state index in [1.54, 1.807) is 36.4 Å². The Morgan fingerprint density at radius 1 is 1.14 bits per heavy atom. The summed E-state index contributed by atoms with van der Waals surface area (Å²) in [5, 5.41) is 2.99. The predicted octanol–water partition coefficient (Wildman–Crippen LogP) is 1.31. The highest BCUT2D eigenvalue weighted by Crippen LogP contribution is 2.21. The van der Waals surface area contributed by atoms with Gasteiger partial charge in [-0.1, -0.05) is 18.2 Å². The van der Waals surface area contributed by atoms with E-state index in [-0.39, 0.29) is 10.8 Å². The van der Waals surface area contributed by atoms with Gasteiger partial charge in [-0.05, 0) is 43.3 Å². The van der Waals surface area contributed by atoms with Gasteiger partial charge >= 0.3 is 0 Å². The third kappa shape index (κ3) is 4.36. The van der Waals surface area contributed by atoms with E-state index in [9.17, 15) is 13.2 Å². The van der Waals surface area contributed by atoms with Gasteiger partial charge in [0.25, 0.3) is 15.9 Å². The number of carbonyl (C=O) groups is 1. The van der Waals surface area contributed by atoms with Gasteiger partial charge < -0.3 is 10.2 Å². The second kappa shape index (κ2) is 8.75. The van der Waals surface area contributed by atoms with Crippen molar-refractivity contribution in [1.82, 2.24) is 5.32 Å². The normalized spacial score (nSPS) is 19.4. The van der Waals surface area contributed by atoms with Crippen LogP contribution in [0.4, 0.5) is 5.69 Å². The topological polar surface area (TPSA) is 70.9 Å². The lowest BCUT2D eigenvalue weighted by Gasteiger charge is -2.20. The zero-order valence-electron chi connectivity index (χ0n) is 16.4. The minimum atomic E-state index is -3.67. The maximum atomic E-state index is 12.8. The van der Waals surface area contributed by atoms with Gasteiger partial charge in [0.15, 0.2) is 0 Å². The molecule has 2 atom stereocenters. The third-order valence-corrected chi connectivity index (χ3v) is 7.29. The van der Waals surface area contributed by atoms with Crippen LogP contribution >= 0.6 is 0 Å². The molecule has 2 N–H and O–H groups in total. The SMILES string of the molecule is CC[NH+]1CCC[C@H]1CNC(=O)c1ccc(S(=O)(=O)N(C)c2ccccc2)cc1. The number of quaternary nitrogens is 1. The molecule has 150 valence electrons. The third-order valence-electron chi connectivity index (χ3n) is 5.49. The Morgan fingerprint density at radius 2 is 1.82 bits per heavy atom. The summed E-state index contributed by atoms with van der Waals surface area (Å²) < 4.78 is 26.9. The van der Waals surface area contributed by atoms with Crippen LogP contribution in [-0.2, 0) is 10.0 Å². The first kappa shape index (κ1) is 20.4. The van der Waals surface area contributed by atoms with Gasteiger partial charge in [-0.15, -0.1) is 0 Å². The van der Waals surface area contributed by atoms with Gasteiger partial charge in [0, 0.05) is 25.5 Å². The van der Waals surface area contributed by atoms with Gasteiger partial charge in [0.2, 0.25) is 0 Å². The number of hydrogen-bond donors (Lipinski definition) is 2. The van der Waals surface area contributed by atoms with E-state index in [1.165, 1.54) is 41.4 Å². The predicted molar refractivity (Wildman–Crippen MR) is 110 cm³/mol. The number of nitrogens with one attached hydrogen (secondary N) is 2. The van der Waals surface area contributed by atoms with Crippen molar-refractivity contribution in [3.63, 3.8) is 0 Å². The number of carbonyl (C=O) groups excluding carboxylic acids is 1. The standard InChI is InChI=1S/C21H27N3O3S/c1-3-24-15-7-10-19(24)16-22-21(25)17-11-13-20(14-12-17)28(26,27)23(2)18-8-5-4-6-9-18/h4-6,8-9,11-14,19H,3,7,10,15-16H2,1-2H3,(H,22,25)/p+1/t19-/m0/s1. The van der Waals surface area contributed by atoms with Crippen LogP contribution in [0, 0.1) is 0 Å². The lowest BCUT2D eigenvalue weighted by molar-refractivity contribution is -0.909. The molecule has 1 fully saturated rings. The number of amides is 1. The van der Waals surface area contributed by atoms with Crippen molar-refractivity contribution in [3.05, 3.63) is 60.2 Å². The number of likely N-dealkylation sites (tertiary alicyclic amines) is 1. The smallest absolute Gasteiger partial charge is 0.264 e. The molecule has 0 bridgehead atoms. The van der Waals surface area contributed by atoms with E-state index in [2.05, 4.69) is 12.2 Å². The molecule has 1 saturated heterocycles. The highest BCUT2D eigenvalue weighted by Gasteiger charge is 2.27. The molecule has 0 aliphatic carbocycles. The molecule has 1 aliphatic heterocycles. The molecule has 0 aromatic heterocycles. The number of anilines is 1. The van der Waals surface area contributed by atoms with E-state index in [4.69, 9.17) is 0 Å². The molecule has 0 spiro atoms. The molecule has 1 aliphatic rings. The Labute approximate surface area is 167 Å². The molecule has 1 heterocycles. The van der Waals surface area contributed by atoms with Gasteiger partial charge in [-0.25, -0.2) is 8.42 Å². The summed E-state index contributed by atoms with van der Waals surface area (Å²) >= 11 is 0. The zero-order chi connectivity index (χ0) is 20.1. The summed E-state index contributed by atoms with van der Waals surface area (Å²) in [5.41, 5.74) is 1.06. The molecule has 2 aromatic rings. The number of likely N-dealkylation sites (N-methyl/N-ethyl adjacent to an activating group) is 1. The fourth-order valence-electron chi connectivity index (χ4n) is 3.73. The van der Waals surface area contributed by atoms with Gasteiger partial charge in [0.05, 0.1) is 30.2 Å². The van der Waals surface area contributed by atoms with Crippen LogP contribution in [0.2, 0.25) is 0 Å². The van der Waals surface area contributed by atoms with Crippen LogP contribution in [0.15, 0.2) is 59.5 Å². The molecule has 28 heavy (non-hydrogen) atoms. The average Bonchev–Trinajstić information content (AvgIpc) is 3.19. The second-order valence-corrected chi connectivity index (χ2v) is 9.11. The summed E-state index contributed by atoms with van der Waals surface area (Å²) in [4.78, 5) is 14.1. The Balaban J connectivity index is 1.66. The van der Waals surface area contributed by atoms with Crippen molar-refractivity contribution in [2.24, 2.45) is 0 Å². The summed E-state index contributed by atoms with van der Waals surface area (Å²) in [5.74, 6) is -0.164. The summed E-state index contributed by atoms with van der Waals surface area (Å²) in [7, 11) is -2.15. The minimum absolute atomic E-state index is 0.160. The molecule has 3 rings (SSSR count). The Kier molecular flexibility index (Phi) is 6.36. The molecule has 0 radical (unpaired) electrons. The quantitative estimate of drug-likeness (QED) is 0.734. The van der Waals surface area contributed by atoms with E-state index < -0.39 is 10.0 Å². The van der Waals surface area contributed by atoms with Gasteiger partial charge in [-0.2, -0.15) is 0 Å². The van der Waals surface area contributed by atoms with Crippen molar-refractivity contribution >= 4 is 21.6 Å². The first-order chi connectivity index (χ1) is 13.4. The molecule has 0 saturated carbocycles. The fourth-order valence-corrected chi connectivity index (χ4v) is 4.92. The van der Waals surface area contributed by atoms with Gasteiger partial charge in [0.1, 0.15) is 6.04 Å². The van der Waals surface area contributed by atoms with Crippen LogP contribution in [0.3, 0.4) is 0 Å². The highest BCUT2D eigenvalue weighted by atomic mass is 32.2. The molecule has 2 aromatic carbocycles. The zero-order valence-corrected chi connectivity index (χ0v) is 17.2. The van der Waals surface area contributed by atoms with E-state index in [0.29, 0.717) is 23.8 Å². The summed E-state index contributed by atoms with van der Waals surface area (Å²) in [6, 6.07) is 15.5. The largest absolute Gasteiger partial charge is 0.346 e. The van der Waals surface area contributed by atoms with E-state index in [1.807, 2.05) is 6.07 Å². The van der Waals surface area contributed by atoms with Crippen molar-refractivity contribution in [3.8, 4) is 0 Å². The first-order valence-electron chi connectivity index (χ1n) is 9.70. The van der Waals surface area contributed by atoms with Crippen molar-refractivity contribution in [1.29, 1.82) is 0 Å². The number of rotatable bonds is 7. The molecule has 1 amide bonds. The van der Waals surface area contributed by atoms with E-state index >= 15 is 0 Å². The lowest BCUT2D eigenvalue weighted by Crippen LogP contribution is -3.14. The fraction of sp³-hybridized carbons (Fsp3) is 0.381. The number of nitrogens with zero attached hydrogens (tertiary/aromatic N) is 1. The first-order valence-corrected chi connectivity index (χ1v) is 11.1. The number of hydrogen-bond acceptors (Lipinski definition) is 3. The molecular formula is C21H28N3O3S+. The molecular weight excluding hydrogens is 374 g/mol. The maximum Gasteiger partial charge on any atom is 0.264 e. The summed E-state index contributed by atoms with van der Waals surface area (Å²) in [6.45, 7) is 5.06. The Hall–Kier alpha value is -2.38. The number of sulfonamides is 1. The van der Waals surface area contributed by atoms with Crippen molar-refractivity contribution in [2.45, 2.75) is 30.7 Å². The maximum absolute atomic E-state index is 12.8. The van der Waals surface area contributed by atoms with E-state index in [0.717, 1.165) is 13.0 Å². The van der Waals surface area contributed by atoms with Crippen LogP contribution in [0.25, 0.3) is 0 Å². The molecule has 7 heteroatoms. The monoisotopic (exact) mass is 402 g/mol. The minimum Gasteiger partial charge on any atom is -0.346 e. The van der Waals surface area contributed by atoms with Crippen LogP contribution in [0.1, 0.15) is 30.1 Å². The highest BCUT2D eigenvalue weighted by molar-refractivity contribution is 7.92. The molecule has 6 nitrogen and oxygen atoms in total. The molecule has 1 unspecified atom stereocenters. The van der Waals surface area contributed by atoms with Gasteiger partial charge in [-0.3, -0.25) is 9.10 Å². The number of benzene rings is 2. The summed E-state index contributed by atoms with van der Waals surface area (Å²) in [6.07, 6.45) is 2.33. The van der Waals surface area contributed by atoms with Crippen molar-refractivity contribution < 1.29 is 18.1 Å². The average molecular weight is 403 g/mol. The van der Waals surface area contributed by atoms with Crippen LogP contribution < -0.4 is 14.5 Å². The van der Waals surface area contributed by atoms with Crippen LogP contribution in [-0.4, -0.2) is 47.0 Å². The number of para-hydroxylation sites is 1.